The fourth-order valence-corrected chi connectivity index (χ4v) is 6.02. The van der Waals surface area contributed by atoms with Crippen molar-refractivity contribution in [1.82, 2.24) is 25.3 Å². The molecule has 0 spiro atoms. The number of amides is 1. The maximum Gasteiger partial charge on any atom is 0.434 e. The minimum atomic E-state index is -4.96. The lowest BCUT2D eigenvalue weighted by molar-refractivity contribution is -0.144. The van der Waals surface area contributed by atoms with E-state index in [1.807, 2.05) is 6.07 Å². The number of carboxylic acid groups (broad SMARTS) is 1. The number of piperidine rings is 1. The number of aromatic nitrogens is 4. The number of carbonyl (C=O) groups excluding carboxylic acids is 1. The number of aliphatic carboxylic acids is 1. The molecule has 1 aromatic carbocycles. The number of nitrogens with zero attached hydrogens (tertiary/aromatic N) is 6. The highest BCUT2D eigenvalue weighted by Gasteiger charge is 2.45. The van der Waals surface area contributed by atoms with Gasteiger partial charge in [0.25, 0.3) is 5.91 Å². The van der Waals surface area contributed by atoms with Crippen LogP contribution in [0, 0.1) is 0 Å². The predicted molar refractivity (Wildman–Crippen MR) is 148 cm³/mol. The minimum Gasteiger partial charge on any atom is -0.490 e. The van der Waals surface area contributed by atoms with Gasteiger partial charge in [-0.3, -0.25) is 4.79 Å². The standard InChI is InChI=1S/C29H30F3N7O4/c30-29(31,32)23-21(24(40)37-28(25(41)42)9-1-2-10-28)17-35-27(36-23)39-15-6-18-16-20(4-5-22(18)39)43-19-7-13-38(14-8-19)26-33-11-3-12-34-26/h3-5,11-12,16-17,19H,1-2,6-10,13-15H2,(H,37,40)(H,41,42). The van der Waals surface area contributed by atoms with Crippen LogP contribution in [-0.2, 0) is 17.4 Å². The Bertz CT molecular complexity index is 1510. The molecule has 43 heavy (non-hydrogen) atoms. The van der Waals surface area contributed by atoms with Gasteiger partial charge in [0.05, 0.1) is 5.56 Å². The van der Waals surface area contributed by atoms with Crippen molar-refractivity contribution in [1.29, 1.82) is 0 Å². The van der Waals surface area contributed by atoms with Gasteiger partial charge in [0.1, 0.15) is 17.4 Å². The van der Waals surface area contributed by atoms with Gasteiger partial charge in [0.2, 0.25) is 11.9 Å². The second-order valence-electron chi connectivity index (χ2n) is 11.0. The Morgan fingerprint density at radius 1 is 1.02 bits per heavy atom. The van der Waals surface area contributed by atoms with Crippen LogP contribution in [0.25, 0.3) is 0 Å². The molecule has 1 aliphatic carbocycles. The Labute approximate surface area is 245 Å². The lowest BCUT2D eigenvalue weighted by atomic mass is 9.97. The van der Waals surface area contributed by atoms with Crippen LogP contribution in [0.1, 0.15) is 60.1 Å². The molecule has 2 aliphatic heterocycles. The molecule has 11 nitrogen and oxygen atoms in total. The van der Waals surface area contributed by atoms with Gasteiger partial charge in [-0.05, 0) is 49.1 Å². The van der Waals surface area contributed by atoms with Crippen molar-refractivity contribution in [3.8, 4) is 5.75 Å². The van der Waals surface area contributed by atoms with E-state index in [0.29, 0.717) is 43.2 Å². The Balaban J connectivity index is 1.16. The van der Waals surface area contributed by atoms with Crippen molar-refractivity contribution in [2.75, 3.05) is 29.4 Å². The lowest BCUT2D eigenvalue weighted by Crippen LogP contribution is -2.52. The first-order chi connectivity index (χ1) is 20.6. The molecule has 2 N–H and O–H groups in total. The molecule has 226 valence electrons. The van der Waals surface area contributed by atoms with Crippen LogP contribution in [0.3, 0.4) is 0 Å². The molecule has 4 heterocycles. The number of hydrogen-bond donors (Lipinski definition) is 2. The molecule has 0 radical (unpaired) electrons. The molecule has 3 aliphatic rings. The van der Waals surface area contributed by atoms with Crippen LogP contribution < -0.4 is 19.9 Å². The number of hydrogen-bond acceptors (Lipinski definition) is 9. The van der Waals surface area contributed by atoms with Crippen molar-refractivity contribution < 1.29 is 32.6 Å². The number of ether oxygens (including phenoxy) is 1. The maximum absolute atomic E-state index is 14.1. The van der Waals surface area contributed by atoms with E-state index in [1.54, 1.807) is 35.5 Å². The van der Waals surface area contributed by atoms with Gasteiger partial charge < -0.3 is 25.0 Å². The van der Waals surface area contributed by atoms with Gasteiger partial charge in [-0.2, -0.15) is 13.2 Å². The van der Waals surface area contributed by atoms with Crippen LogP contribution in [0.2, 0.25) is 0 Å². The van der Waals surface area contributed by atoms with E-state index in [0.717, 1.165) is 37.7 Å². The Morgan fingerprint density at radius 2 is 1.74 bits per heavy atom. The summed E-state index contributed by atoms with van der Waals surface area (Å²) >= 11 is 0. The third-order valence-electron chi connectivity index (χ3n) is 8.28. The first kappa shape index (κ1) is 28.6. The zero-order valence-corrected chi connectivity index (χ0v) is 23.2. The van der Waals surface area contributed by atoms with Gasteiger partial charge in [0.15, 0.2) is 5.69 Å². The van der Waals surface area contributed by atoms with Crippen molar-refractivity contribution >= 4 is 29.5 Å². The monoisotopic (exact) mass is 597 g/mol. The number of benzene rings is 1. The highest BCUT2D eigenvalue weighted by atomic mass is 19.4. The topological polar surface area (TPSA) is 134 Å². The summed E-state index contributed by atoms with van der Waals surface area (Å²) in [4.78, 5) is 44.9. The Hall–Kier alpha value is -4.49. The normalized spacial score (nSPS) is 18.4. The number of nitrogens with one attached hydrogen (secondary N) is 1. The second kappa shape index (κ2) is 11.3. The highest BCUT2D eigenvalue weighted by Crippen LogP contribution is 2.38. The molecule has 1 amide bonds. The summed E-state index contributed by atoms with van der Waals surface area (Å²) in [5.41, 5.74) is -2.27. The van der Waals surface area contributed by atoms with E-state index in [9.17, 15) is 27.9 Å². The summed E-state index contributed by atoms with van der Waals surface area (Å²) < 4.78 is 48.6. The van der Waals surface area contributed by atoms with Crippen LogP contribution in [-0.4, -0.2) is 68.2 Å². The Morgan fingerprint density at radius 3 is 2.42 bits per heavy atom. The molecule has 3 aromatic rings. The zero-order valence-electron chi connectivity index (χ0n) is 23.2. The van der Waals surface area contributed by atoms with Gasteiger partial charge in [0, 0.05) is 56.8 Å². The summed E-state index contributed by atoms with van der Waals surface area (Å²) in [5.74, 6) is -1.25. The van der Waals surface area contributed by atoms with Crippen molar-refractivity contribution in [3.63, 3.8) is 0 Å². The van der Waals surface area contributed by atoms with Crippen LogP contribution in [0.4, 0.5) is 30.8 Å². The SMILES string of the molecule is O=C(NC1(C(=O)O)CCCC1)c1cnc(N2CCc3cc(OC4CCN(c5ncccn5)CC4)ccc32)nc1C(F)(F)F. The molecule has 1 saturated heterocycles. The van der Waals surface area contributed by atoms with Gasteiger partial charge in [-0.1, -0.05) is 12.8 Å². The van der Waals surface area contributed by atoms with Crippen molar-refractivity contribution in [2.45, 2.75) is 62.8 Å². The van der Waals surface area contributed by atoms with Gasteiger partial charge in [-0.25, -0.2) is 24.7 Å². The number of rotatable bonds is 7. The number of carboxylic acids is 1. The molecule has 2 fully saturated rings. The average Bonchev–Trinajstić information content (AvgIpc) is 3.65. The second-order valence-corrected chi connectivity index (χ2v) is 11.0. The predicted octanol–water partition coefficient (Wildman–Crippen LogP) is 4.15. The molecule has 0 bridgehead atoms. The van der Waals surface area contributed by atoms with Gasteiger partial charge >= 0.3 is 12.1 Å². The molecular weight excluding hydrogens is 567 g/mol. The quantitative estimate of drug-likeness (QED) is 0.409. The van der Waals surface area contributed by atoms with Gasteiger partial charge in [-0.15, -0.1) is 0 Å². The number of fused-ring (bicyclic) bond motifs is 1. The molecule has 14 heteroatoms. The van der Waals surface area contributed by atoms with E-state index in [4.69, 9.17) is 4.74 Å². The fraction of sp³-hybridized carbons (Fsp3) is 0.448. The molecule has 6 rings (SSSR count). The van der Waals surface area contributed by atoms with Crippen LogP contribution >= 0.6 is 0 Å². The van der Waals surface area contributed by atoms with Crippen LogP contribution in [0.5, 0.6) is 5.75 Å². The smallest absolute Gasteiger partial charge is 0.434 e. The third kappa shape index (κ3) is 5.77. The van der Waals surface area contributed by atoms with Crippen molar-refractivity contribution in [3.05, 3.63) is 59.7 Å². The Kier molecular flexibility index (Phi) is 7.52. The van der Waals surface area contributed by atoms with E-state index in [2.05, 4.69) is 30.2 Å². The summed E-state index contributed by atoms with van der Waals surface area (Å²) in [6.07, 6.45) is 2.84. The first-order valence-electron chi connectivity index (χ1n) is 14.2. The lowest BCUT2D eigenvalue weighted by Gasteiger charge is -2.32. The van der Waals surface area contributed by atoms with Crippen LogP contribution in [0.15, 0.2) is 42.9 Å². The van der Waals surface area contributed by atoms with E-state index in [-0.39, 0.29) is 24.9 Å². The molecule has 2 aromatic heterocycles. The van der Waals surface area contributed by atoms with E-state index < -0.39 is 34.8 Å². The zero-order chi connectivity index (χ0) is 30.2. The number of halogens is 3. The minimum absolute atomic E-state index is 0.0105. The number of carbonyl (C=O) groups is 2. The molecular formula is C29H30F3N7O4. The fourth-order valence-electron chi connectivity index (χ4n) is 6.02. The largest absolute Gasteiger partial charge is 0.490 e. The summed E-state index contributed by atoms with van der Waals surface area (Å²) in [6, 6.07) is 7.22. The average molecular weight is 598 g/mol. The molecule has 0 atom stereocenters. The van der Waals surface area contributed by atoms with Crippen molar-refractivity contribution in [2.24, 2.45) is 0 Å². The van der Waals surface area contributed by atoms with E-state index in [1.165, 1.54) is 0 Å². The molecule has 0 unspecified atom stereocenters. The number of anilines is 3. The third-order valence-corrected chi connectivity index (χ3v) is 8.28. The summed E-state index contributed by atoms with van der Waals surface area (Å²) in [7, 11) is 0. The van der Waals surface area contributed by atoms with E-state index >= 15 is 0 Å². The summed E-state index contributed by atoms with van der Waals surface area (Å²) in [6.45, 7) is 1.87. The molecule has 1 saturated carbocycles. The first-order valence-corrected chi connectivity index (χ1v) is 14.2. The highest BCUT2D eigenvalue weighted by molar-refractivity contribution is 5.99. The maximum atomic E-state index is 14.1. The summed E-state index contributed by atoms with van der Waals surface area (Å²) in [5, 5.41) is 12.0. The number of alkyl halides is 3.